The number of rotatable bonds is 3. The molecule has 5 heteroatoms. The minimum absolute atomic E-state index is 0.736. The Morgan fingerprint density at radius 2 is 1.67 bits per heavy atom. The zero-order chi connectivity index (χ0) is 14.7. The van der Waals surface area contributed by atoms with E-state index in [0.717, 1.165) is 34.3 Å². The smallest absolute Gasteiger partial charge is 0.159 e. The predicted octanol–water partition coefficient (Wildman–Crippen LogP) is 3.29. The lowest BCUT2D eigenvalue weighted by Gasteiger charge is -2.07. The second-order valence-corrected chi connectivity index (χ2v) is 4.77. The molecule has 1 N–H and O–H groups in total. The molecule has 0 aliphatic rings. The van der Waals surface area contributed by atoms with Gasteiger partial charge in [-0.05, 0) is 44.2 Å². The van der Waals surface area contributed by atoms with E-state index in [2.05, 4.69) is 25.3 Å². The lowest BCUT2D eigenvalue weighted by Crippen LogP contribution is -1.95. The Morgan fingerprint density at radius 3 is 2.38 bits per heavy atom. The van der Waals surface area contributed by atoms with Crippen molar-refractivity contribution >= 4 is 11.5 Å². The molecule has 0 saturated heterocycles. The third kappa shape index (κ3) is 3.20. The van der Waals surface area contributed by atoms with Crippen LogP contribution in [0.25, 0.3) is 11.4 Å². The summed E-state index contributed by atoms with van der Waals surface area (Å²) in [5, 5.41) is 3.24. The molecule has 0 atom stereocenters. The van der Waals surface area contributed by atoms with Gasteiger partial charge in [0.05, 0.1) is 0 Å². The van der Waals surface area contributed by atoms with Crippen LogP contribution in [0.1, 0.15) is 11.4 Å². The van der Waals surface area contributed by atoms with Crippen molar-refractivity contribution in [2.75, 3.05) is 5.32 Å². The van der Waals surface area contributed by atoms with Crippen LogP contribution in [-0.2, 0) is 0 Å². The maximum Gasteiger partial charge on any atom is 0.159 e. The predicted molar refractivity (Wildman–Crippen MR) is 82.3 cm³/mol. The Labute approximate surface area is 123 Å². The van der Waals surface area contributed by atoms with E-state index in [1.54, 1.807) is 12.5 Å². The van der Waals surface area contributed by atoms with Crippen molar-refractivity contribution in [3.63, 3.8) is 0 Å². The molecule has 0 radical (unpaired) electrons. The summed E-state index contributed by atoms with van der Waals surface area (Å²) in [7, 11) is 0. The van der Waals surface area contributed by atoms with Gasteiger partial charge in [-0.1, -0.05) is 0 Å². The Bertz CT molecular complexity index is 753. The van der Waals surface area contributed by atoms with Crippen LogP contribution >= 0.6 is 0 Å². The number of aromatic nitrogens is 4. The first-order chi connectivity index (χ1) is 10.2. The van der Waals surface area contributed by atoms with E-state index in [-0.39, 0.29) is 0 Å². The van der Waals surface area contributed by atoms with Gasteiger partial charge >= 0.3 is 0 Å². The topological polar surface area (TPSA) is 63.6 Å². The number of hydrogen-bond acceptors (Lipinski definition) is 5. The normalized spacial score (nSPS) is 10.4. The monoisotopic (exact) mass is 277 g/mol. The molecule has 3 aromatic rings. The van der Waals surface area contributed by atoms with Crippen LogP contribution in [0.4, 0.5) is 11.5 Å². The van der Waals surface area contributed by atoms with Crippen LogP contribution in [0, 0.1) is 13.8 Å². The van der Waals surface area contributed by atoms with Crippen molar-refractivity contribution in [1.29, 1.82) is 0 Å². The fourth-order valence-electron chi connectivity index (χ4n) is 1.96. The quantitative estimate of drug-likeness (QED) is 0.795. The van der Waals surface area contributed by atoms with E-state index in [0.29, 0.717) is 0 Å². The summed E-state index contributed by atoms with van der Waals surface area (Å²) >= 11 is 0. The summed E-state index contributed by atoms with van der Waals surface area (Å²) < 4.78 is 0. The van der Waals surface area contributed by atoms with Crippen molar-refractivity contribution in [2.45, 2.75) is 13.8 Å². The molecule has 0 fully saturated rings. The van der Waals surface area contributed by atoms with E-state index >= 15 is 0 Å². The Balaban J connectivity index is 1.81. The van der Waals surface area contributed by atoms with Gasteiger partial charge < -0.3 is 5.32 Å². The SMILES string of the molecule is Cc1cc(Nc2ccc(-c3nccc(C)n3)cc2)ncn1. The van der Waals surface area contributed by atoms with Gasteiger partial charge in [0.2, 0.25) is 0 Å². The van der Waals surface area contributed by atoms with Gasteiger partial charge in [0.25, 0.3) is 0 Å². The highest BCUT2D eigenvalue weighted by Gasteiger charge is 2.02. The number of nitrogens with one attached hydrogen (secondary N) is 1. The number of anilines is 2. The van der Waals surface area contributed by atoms with Crippen molar-refractivity contribution in [3.8, 4) is 11.4 Å². The summed E-state index contributed by atoms with van der Waals surface area (Å²) in [4.78, 5) is 17.0. The third-order valence-corrected chi connectivity index (χ3v) is 3.01. The van der Waals surface area contributed by atoms with Crippen LogP contribution in [0.3, 0.4) is 0 Å². The fourth-order valence-corrected chi connectivity index (χ4v) is 1.96. The van der Waals surface area contributed by atoms with Gasteiger partial charge in [0.15, 0.2) is 5.82 Å². The highest BCUT2D eigenvalue weighted by molar-refractivity contribution is 5.63. The highest BCUT2D eigenvalue weighted by Crippen LogP contribution is 2.20. The summed E-state index contributed by atoms with van der Waals surface area (Å²) in [6.45, 7) is 3.89. The Morgan fingerprint density at radius 1 is 0.857 bits per heavy atom. The molecule has 0 unspecified atom stereocenters. The second kappa shape index (κ2) is 5.66. The van der Waals surface area contributed by atoms with Crippen LogP contribution in [0.15, 0.2) is 48.9 Å². The van der Waals surface area contributed by atoms with Crippen LogP contribution < -0.4 is 5.32 Å². The van der Waals surface area contributed by atoms with Crippen molar-refractivity contribution in [1.82, 2.24) is 19.9 Å². The molecule has 21 heavy (non-hydrogen) atoms. The molecule has 5 nitrogen and oxygen atoms in total. The van der Waals surface area contributed by atoms with E-state index in [4.69, 9.17) is 0 Å². The van der Waals surface area contributed by atoms with Crippen molar-refractivity contribution < 1.29 is 0 Å². The van der Waals surface area contributed by atoms with E-state index in [9.17, 15) is 0 Å². The van der Waals surface area contributed by atoms with E-state index < -0.39 is 0 Å². The first-order valence-electron chi connectivity index (χ1n) is 6.66. The molecule has 0 spiro atoms. The molecule has 0 amide bonds. The lowest BCUT2D eigenvalue weighted by atomic mass is 10.2. The van der Waals surface area contributed by atoms with Gasteiger partial charge in [0.1, 0.15) is 12.1 Å². The van der Waals surface area contributed by atoms with Gasteiger partial charge in [-0.25, -0.2) is 19.9 Å². The molecule has 1 aromatic carbocycles. The van der Waals surface area contributed by atoms with E-state index in [1.165, 1.54) is 0 Å². The maximum absolute atomic E-state index is 4.42. The summed E-state index contributed by atoms with van der Waals surface area (Å²) in [5.41, 5.74) is 3.84. The zero-order valence-corrected chi connectivity index (χ0v) is 11.9. The number of nitrogens with zero attached hydrogens (tertiary/aromatic N) is 4. The molecular weight excluding hydrogens is 262 g/mol. The van der Waals surface area contributed by atoms with Gasteiger partial charge in [-0.2, -0.15) is 0 Å². The molecule has 0 aliphatic heterocycles. The fraction of sp³-hybridized carbons (Fsp3) is 0.125. The first-order valence-corrected chi connectivity index (χ1v) is 6.66. The van der Waals surface area contributed by atoms with Crippen molar-refractivity contribution in [2.24, 2.45) is 0 Å². The standard InChI is InChI=1S/C16H15N5/c1-11-7-8-17-16(20-11)13-3-5-14(6-4-13)21-15-9-12(2)18-10-19-15/h3-10H,1-2H3,(H,18,19,21). The molecule has 0 saturated carbocycles. The van der Waals surface area contributed by atoms with Gasteiger partial charge in [-0.3, -0.25) is 0 Å². The maximum atomic E-state index is 4.42. The third-order valence-electron chi connectivity index (χ3n) is 3.01. The molecule has 2 heterocycles. The molecule has 0 aliphatic carbocycles. The highest BCUT2D eigenvalue weighted by atomic mass is 15.0. The summed E-state index contributed by atoms with van der Waals surface area (Å²) in [6.07, 6.45) is 3.32. The minimum Gasteiger partial charge on any atom is -0.340 e. The largest absolute Gasteiger partial charge is 0.340 e. The van der Waals surface area contributed by atoms with Crippen molar-refractivity contribution in [3.05, 3.63) is 60.3 Å². The molecule has 0 bridgehead atoms. The van der Waals surface area contributed by atoms with E-state index in [1.807, 2.05) is 50.2 Å². The second-order valence-electron chi connectivity index (χ2n) is 4.77. The number of benzene rings is 1. The minimum atomic E-state index is 0.736. The van der Waals surface area contributed by atoms with Crippen LogP contribution in [-0.4, -0.2) is 19.9 Å². The first kappa shape index (κ1) is 13.2. The molecule has 104 valence electrons. The average Bonchev–Trinajstić information content (AvgIpc) is 2.48. The zero-order valence-electron chi connectivity index (χ0n) is 11.9. The average molecular weight is 277 g/mol. The summed E-state index contributed by atoms with van der Waals surface area (Å²) in [6, 6.07) is 11.7. The molecule has 3 rings (SSSR count). The Hall–Kier alpha value is -2.82. The van der Waals surface area contributed by atoms with Gasteiger partial charge in [0, 0.05) is 34.9 Å². The lowest BCUT2D eigenvalue weighted by molar-refractivity contribution is 1.10. The Kier molecular flexibility index (Phi) is 3.55. The van der Waals surface area contributed by atoms with Crippen LogP contribution in [0.2, 0.25) is 0 Å². The number of hydrogen-bond donors (Lipinski definition) is 1. The molecular formula is C16H15N5. The van der Waals surface area contributed by atoms with Gasteiger partial charge in [-0.15, -0.1) is 0 Å². The number of aryl methyl sites for hydroxylation is 2. The molecule has 2 aromatic heterocycles. The summed E-state index contributed by atoms with van der Waals surface area (Å²) in [5.74, 6) is 1.52. The van der Waals surface area contributed by atoms with Crippen LogP contribution in [0.5, 0.6) is 0 Å².